The second kappa shape index (κ2) is 7.45. The van der Waals surface area contributed by atoms with Crippen LogP contribution >= 0.6 is 11.8 Å². The molecule has 1 N–H and O–H groups in total. The zero-order valence-corrected chi connectivity index (χ0v) is 14.5. The summed E-state index contributed by atoms with van der Waals surface area (Å²) in [6.45, 7) is 4.09. The third kappa shape index (κ3) is 4.32. The number of nitrogens with one attached hydrogen (secondary N) is 1. The van der Waals surface area contributed by atoms with Gasteiger partial charge in [0.25, 0.3) is 0 Å². The Kier molecular flexibility index (Phi) is 5.11. The van der Waals surface area contributed by atoms with Crippen LogP contribution in [-0.2, 0) is 11.2 Å². The van der Waals surface area contributed by atoms with Crippen LogP contribution in [0.4, 0.5) is 0 Å². The number of benzene rings is 2. The Balaban J connectivity index is 1.63. The highest BCUT2D eigenvalue weighted by molar-refractivity contribution is 8.15. The van der Waals surface area contributed by atoms with Crippen LogP contribution in [-0.4, -0.2) is 22.5 Å². The van der Waals surface area contributed by atoms with E-state index in [2.05, 4.69) is 34.6 Å². The van der Waals surface area contributed by atoms with Gasteiger partial charge in [-0.15, -0.1) is 5.10 Å². The zero-order chi connectivity index (χ0) is 16.9. The van der Waals surface area contributed by atoms with E-state index in [-0.39, 0.29) is 11.2 Å². The second-order valence-electron chi connectivity index (χ2n) is 5.85. The predicted octanol–water partition coefficient (Wildman–Crippen LogP) is 3.47. The van der Waals surface area contributed by atoms with E-state index in [1.54, 1.807) is 6.21 Å². The number of carbonyl (C=O) groups excluding carboxylic acids is 1. The zero-order valence-electron chi connectivity index (χ0n) is 13.7. The summed E-state index contributed by atoms with van der Waals surface area (Å²) in [7, 11) is 0. The number of rotatable bonds is 4. The quantitative estimate of drug-likeness (QED) is 0.686. The molecule has 0 bridgehead atoms. The Labute approximate surface area is 146 Å². The van der Waals surface area contributed by atoms with E-state index in [1.165, 1.54) is 22.9 Å². The van der Waals surface area contributed by atoms with Crippen LogP contribution in [0.2, 0.25) is 0 Å². The molecular formula is C19H19N3OS. The number of hydrogen-bond donors (Lipinski definition) is 1. The number of aryl methyl sites for hydroxylation is 2. The normalized spacial score (nSPS) is 19.2. The Morgan fingerprint density at radius 1 is 1.12 bits per heavy atom. The largest absolute Gasteiger partial charge is 0.303 e. The van der Waals surface area contributed by atoms with Crippen LogP contribution < -0.4 is 5.32 Å². The van der Waals surface area contributed by atoms with Crippen molar-refractivity contribution >= 4 is 29.1 Å². The van der Waals surface area contributed by atoms with Gasteiger partial charge in [0.1, 0.15) is 0 Å². The molecule has 0 unspecified atom stereocenters. The lowest BCUT2D eigenvalue weighted by atomic mass is 10.1. The van der Waals surface area contributed by atoms with Crippen molar-refractivity contribution in [3.63, 3.8) is 0 Å². The first-order valence-electron chi connectivity index (χ1n) is 7.81. The van der Waals surface area contributed by atoms with Gasteiger partial charge in [0, 0.05) is 0 Å². The molecule has 0 aromatic heterocycles. The fourth-order valence-corrected chi connectivity index (χ4v) is 3.50. The number of amidine groups is 1. The monoisotopic (exact) mass is 337 g/mol. The molecule has 1 amide bonds. The van der Waals surface area contributed by atoms with Crippen LogP contribution in [0.3, 0.4) is 0 Å². The van der Waals surface area contributed by atoms with Crippen LogP contribution in [0.5, 0.6) is 0 Å². The van der Waals surface area contributed by atoms with E-state index in [9.17, 15) is 4.79 Å². The van der Waals surface area contributed by atoms with E-state index in [0.717, 1.165) is 11.1 Å². The van der Waals surface area contributed by atoms with E-state index in [0.29, 0.717) is 11.6 Å². The molecule has 2 aromatic rings. The molecule has 2 aromatic carbocycles. The molecule has 24 heavy (non-hydrogen) atoms. The molecule has 4 nitrogen and oxygen atoms in total. The highest BCUT2D eigenvalue weighted by Crippen LogP contribution is 2.23. The Hall–Kier alpha value is -2.40. The van der Waals surface area contributed by atoms with Crippen molar-refractivity contribution in [2.45, 2.75) is 25.5 Å². The van der Waals surface area contributed by atoms with Gasteiger partial charge in [0.2, 0.25) is 5.91 Å². The van der Waals surface area contributed by atoms with Gasteiger partial charge in [0.15, 0.2) is 5.17 Å². The molecule has 122 valence electrons. The van der Waals surface area contributed by atoms with Crippen molar-refractivity contribution in [3.8, 4) is 0 Å². The minimum Gasteiger partial charge on any atom is -0.303 e. The standard InChI is InChI=1S/C19H19N3OS/c1-13-5-3-7-15(9-13)11-17-18(23)21-19(24-17)22-20-12-16-8-4-6-14(2)10-16/h3-10,12,17H,11H2,1-2H3,(H,21,22,23)/b20-12-/t17-/m0/s1. The SMILES string of the molecule is Cc1cccc(/C=N\N=C2\NC(=O)[C@H](Cc3cccc(C)c3)S2)c1. The van der Waals surface area contributed by atoms with E-state index >= 15 is 0 Å². The Bertz CT molecular complexity index is 814. The minimum absolute atomic E-state index is 0.00832. The van der Waals surface area contributed by atoms with Crippen molar-refractivity contribution in [3.05, 3.63) is 70.8 Å². The number of thioether (sulfide) groups is 1. The number of carbonyl (C=O) groups is 1. The van der Waals surface area contributed by atoms with Gasteiger partial charge in [-0.2, -0.15) is 5.10 Å². The second-order valence-corrected chi connectivity index (χ2v) is 7.04. The molecular weight excluding hydrogens is 318 g/mol. The highest BCUT2D eigenvalue weighted by Gasteiger charge is 2.30. The van der Waals surface area contributed by atoms with Crippen LogP contribution in [0, 0.1) is 13.8 Å². The van der Waals surface area contributed by atoms with E-state index < -0.39 is 0 Å². The number of nitrogens with zero attached hydrogens (tertiary/aromatic N) is 2. The molecule has 1 aliphatic heterocycles. The smallest absolute Gasteiger partial charge is 0.239 e. The Morgan fingerprint density at radius 2 is 1.88 bits per heavy atom. The molecule has 1 heterocycles. The summed E-state index contributed by atoms with van der Waals surface area (Å²) < 4.78 is 0. The maximum absolute atomic E-state index is 12.1. The maximum Gasteiger partial charge on any atom is 0.239 e. The molecule has 1 aliphatic rings. The summed E-state index contributed by atoms with van der Waals surface area (Å²) in [5, 5.41) is 11.4. The van der Waals surface area contributed by atoms with Crippen molar-refractivity contribution in [2.75, 3.05) is 0 Å². The maximum atomic E-state index is 12.1. The fourth-order valence-electron chi connectivity index (χ4n) is 2.54. The first-order chi connectivity index (χ1) is 11.6. The van der Waals surface area contributed by atoms with Gasteiger partial charge in [-0.05, 0) is 31.4 Å². The van der Waals surface area contributed by atoms with Gasteiger partial charge in [0.05, 0.1) is 11.5 Å². The predicted molar refractivity (Wildman–Crippen MR) is 101 cm³/mol. The molecule has 0 spiro atoms. The van der Waals surface area contributed by atoms with Gasteiger partial charge < -0.3 is 5.32 Å². The van der Waals surface area contributed by atoms with Gasteiger partial charge >= 0.3 is 0 Å². The van der Waals surface area contributed by atoms with Crippen molar-refractivity contribution in [1.82, 2.24) is 5.32 Å². The average Bonchev–Trinajstić information content (AvgIpc) is 2.87. The summed E-state index contributed by atoms with van der Waals surface area (Å²) in [6, 6.07) is 16.2. The van der Waals surface area contributed by atoms with Crippen LogP contribution in [0.15, 0.2) is 58.7 Å². The number of amides is 1. The van der Waals surface area contributed by atoms with Crippen molar-refractivity contribution < 1.29 is 4.79 Å². The lowest BCUT2D eigenvalue weighted by Gasteiger charge is -2.05. The minimum atomic E-state index is -0.153. The average molecular weight is 337 g/mol. The third-order valence-electron chi connectivity index (χ3n) is 3.68. The van der Waals surface area contributed by atoms with E-state index in [4.69, 9.17) is 0 Å². The summed E-state index contributed by atoms with van der Waals surface area (Å²) in [6.07, 6.45) is 2.39. The summed E-state index contributed by atoms with van der Waals surface area (Å²) >= 11 is 1.43. The van der Waals surface area contributed by atoms with Gasteiger partial charge in [-0.3, -0.25) is 4.79 Å². The van der Waals surface area contributed by atoms with E-state index in [1.807, 2.05) is 43.3 Å². The lowest BCUT2D eigenvalue weighted by molar-refractivity contribution is -0.118. The molecule has 0 radical (unpaired) electrons. The highest BCUT2D eigenvalue weighted by atomic mass is 32.2. The molecule has 0 saturated carbocycles. The van der Waals surface area contributed by atoms with Crippen molar-refractivity contribution in [1.29, 1.82) is 0 Å². The topological polar surface area (TPSA) is 53.8 Å². The lowest BCUT2D eigenvalue weighted by Crippen LogP contribution is -2.25. The molecule has 1 atom stereocenters. The van der Waals surface area contributed by atoms with Gasteiger partial charge in [-0.1, -0.05) is 71.4 Å². The molecule has 1 saturated heterocycles. The molecule has 5 heteroatoms. The van der Waals surface area contributed by atoms with Crippen LogP contribution in [0.1, 0.15) is 22.3 Å². The summed E-state index contributed by atoms with van der Waals surface area (Å²) in [4.78, 5) is 12.1. The Morgan fingerprint density at radius 3 is 2.62 bits per heavy atom. The molecule has 0 aliphatic carbocycles. The van der Waals surface area contributed by atoms with Gasteiger partial charge in [-0.25, -0.2) is 0 Å². The molecule has 3 rings (SSSR count). The fraction of sp³-hybridized carbons (Fsp3) is 0.211. The first-order valence-corrected chi connectivity index (χ1v) is 8.69. The first kappa shape index (κ1) is 16.5. The molecule has 1 fully saturated rings. The van der Waals surface area contributed by atoms with Crippen LogP contribution in [0.25, 0.3) is 0 Å². The summed E-state index contributed by atoms with van der Waals surface area (Å²) in [5.74, 6) is -0.00832. The van der Waals surface area contributed by atoms with Crippen molar-refractivity contribution in [2.24, 2.45) is 10.2 Å². The summed E-state index contributed by atoms with van der Waals surface area (Å²) in [5.41, 5.74) is 4.53. The number of hydrogen-bond acceptors (Lipinski definition) is 4. The third-order valence-corrected chi connectivity index (χ3v) is 4.75.